The third kappa shape index (κ3) is 4.70. The molecule has 0 bridgehead atoms. The summed E-state index contributed by atoms with van der Waals surface area (Å²) in [6.07, 6.45) is 0. The van der Waals surface area contributed by atoms with Crippen LogP contribution in [0, 0.1) is 0 Å². The molecule has 31 heavy (non-hydrogen) atoms. The van der Waals surface area contributed by atoms with Crippen molar-refractivity contribution in [2.45, 2.75) is 6.54 Å². The molecule has 4 aromatic rings. The summed E-state index contributed by atoms with van der Waals surface area (Å²) >= 11 is 3.42. The fourth-order valence-electron chi connectivity index (χ4n) is 3.56. The van der Waals surface area contributed by atoms with Crippen molar-refractivity contribution in [3.05, 3.63) is 101 Å². The maximum atomic E-state index is 13.3. The molecular weight excluding hydrogens is 454 g/mol. The van der Waals surface area contributed by atoms with E-state index in [9.17, 15) is 9.59 Å². The van der Waals surface area contributed by atoms with E-state index in [1.54, 1.807) is 7.05 Å². The molecule has 4 rings (SSSR count). The molecule has 0 fully saturated rings. The van der Waals surface area contributed by atoms with Gasteiger partial charge < -0.3 is 14.8 Å². The summed E-state index contributed by atoms with van der Waals surface area (Å²) in [6, 6.07) is 27.2. The molecule has 156 valence electrons. The van der Waals surface area contributed by atoms with Gasteiger partial charge in [0.25, 0.3) is 5.91 Å². The van der Waals surface area contributed by atoms with Gasteiger partial charge in [0.15, 0.2) is 0 Å². The fraction of sp³-hybridized carbons (Fsp3) is 0.120. The molecule has 5 nitrogen and oxygen atoms in total. The van der Waals surface area contributed by atoms with Crippen molar-refractivity contribution in [3.8, 4) is 0 Å². The molecule has 0 radical (unpaired) electrons. The first-order valence-corrected chi connectivity index (χ1v) is 10.7. The van der Waals surface area contributed by atoms with Gasteiger partial charge in [-0.3, -0.25) is 9.59 Å². The molecule has 0 aliphatic carbocycles. The first kappa shape index (κ1) is 20.9. The molecule has 3 aromatic carbocycles. The summed E-state index contributed by atoms with van der Waals surface area (Å²) in [5.41, 5.74) is 3.32. The third-order valence-corrected chi connectivity index (χ3v) is 5.78. The Morgan fingerprint density at radius 3 is 2.39 bits per heavy atom. The minimum atomic E-state index is -0.256. The average Bonchev–Trinajstić information content (AvgIpc) is 3.14. The minimum Gasteiger partial charge on any atom is -0.332 e. The molecule has 2 amide bonds. The van der Waals surface area contributed by atoms with Gasteiger partial charge >= 0.3 is 0 Å². The van der Waals surface area contributed by atoms with E-state index in [4.69, 9.17) is 0 Å². The predicted molar refractivity (Wildman–Crippen MR) is 127 cm³/mol. The zero-order chi connectivity index (χ0) is 21.8. The van der Waals surface area contributed by atoms with Gasteiger partial charge in [0.05, 0.1) is 12.2 Å². The molecule has 6 heteroatoms. The second-order valence-electron chi connectivity index (χ2n) is 7.35. The normalized spacial score (nSPS) is 10.8. The highest BCUT2D eigenvalue weighted by Gasteiger charge is 2.21. The number of rotatable bonds is 6. The Hall–Kier alpha value is -3.38. The Bertz CT molecular complexity index is 1230. The molecule has 0 aliphatic heterocycles. The number of anilines is 1. The van der Waals surface area contributed by atoms with Crippen LogP contribution in [0.2, 0.25) is 0 Å². The molecule has 1 aromatic heterocycles. The largest absolute Gasteiger partial charge is 0.332 e. The zero-order valence-corrected chi connectivity index (χ0v) is 18.7. The summed E-state index contributed by atoms with van der Waals surface area (Å²) in [4.78, 5) is 27.3. The number of hydrogen-bond donors (Lipinski definition) is 1. The quantitative estimate of drug-likeness (QED) is 0.418. The smallest absolute Gasteiger partial charge is 0.270 e. The minimum absolute atomic E-state index is 0.0486. The maximum Gasteiger partial charge on any atom is 0.270 e. The van der Waals surface area contributed by atoms with E-state index in [2.05, 4.69) is 21.2 Å². The molecule has 1 heterocycles. The summed E-state index contributed by atoms with van der Waals surface area (Å²) < 4.78 is 2.80. The van der Waals surface area contributed by atoms with Gasteiger partial charge in [0, 0.05) is 29.0 Å². The van der Waals surface area contributed by atoms with E-state index in [1.807, 2.05) is 89.5 Å². The van der Waals surface area contributed by atoms with Crippen LogP contribution in [0.25, 0.3) is 10.9 Å². The van der Waals surface area contributed by atoms with Gasteiger partial charge in [-0.2, -0.15) is 0 Å². The molecule has 0 aliphatic rings. The number of para-hydroxylation sites is 2. The van der Waals surface area contributed by atoms with Crippen molar-refractivity contribution < 1.29 is 9.59 Å². The van der Waals surface area contributed by atoms with Crippen LogP contribution in [-0.2, 0) is 11.3 Å². The number of hydrogen-bond acceptors (Lipinski definition) is 2. The number of likely N-dealkylation sites (N-methyl/N-ethyl adjacent to an activating group) is 1. The van der Waals surface area contributed by atoms with Crippen LogP contribution in [0.3, 0.4) is 0 Å². The van der Waals surface area contributed by atoms with Crippen molar-refractivity contribution >= 4 is 44.3 Å². The molecule has 0 unspecified atom stereocenters. The van der Waals surface area contributed by atoms with Gasteiger partial charge in [0.1, 0.15) is 5.69 Å². The first-order valence-electron chi connectivity index (χ1n) is 9.95. The molecule has 0 spiro atoms. The zero-order valence-electron chi connectivity index (χ0n) is 17.1. The third-order valence-electron chi connectivity index (χ3n) is 5.09. The van der Waals surface area contributed by atoms with Gasteiger partial charge in [0.2, 0.25) is 5.91 Å². The standard InChI is InChI=1S/C25H22BrN3O2/c1-28(17-24(30)27-21-13-7-6-12-20(21)26)25(31)23-15-19-11-5-8-14-22(19)29(23)16-18-9-3-2-4-10-18/h2-15H,16-17H2,1H3,(H,27,30). The number of nitrogens with zero attached hydrogens (tertiary/aromatic N) is 2. The van der Waals surface area contributed by atoms with Crippen LogP contribution < -0.4 is 5.32 Å². The van der Waals surface area contributed by atoms with E-state index < -0.39 is 0 Å². The van der Waals surface area contributed by atoms with Crippen LogP contribution in [0.1, 0.15) is 16.1 Å². The molecule has 1 N–H and O–H groups in total. The lowest BCUT2D eigenvalue weighted by Gasteiger charge is -2.19. The van der Waals surface area contributed by atoms with E-state index in [0.29, 0.717) is 17.9 Å². The first-order chi connectivity index (χ1) is 15.0. The van der Waals surface area contributed by atoms with Crippen molar-refractivity contribution in [2.75, 3.05) is 18.9 Å². The van der Waals surface area contributed by atoms with E-state index in [-0.39, 0.29) is 18.4 Å². The monoisotopic (exact) mass is 475 g/mol. The van der Waals surface area contributed by atoms with Crippen LogP contribution in [-0.4, -0.2) is 34.9 Å². The Labute approximate surface area is 189 Å². The average molecular weight is 476 g/mol. The lowest BCUT2D eigenvalue weighted by molar-refractivity contribution is -0.116. The summed E-state index contributed by atoms with van der Waals surface area (Å²) in [7, 11) is 1.65. The highest BCUT2D eigenvalue weighted by atomic mass is 79.9. The highest BCUT2D eigenvalue weighted by molar-refractivity contribution is 9.10. The summed E-state index contributed by atoms with van der Waals surface area (Å²) in [5, 5.41) is 3.84. The SMILES string of the molecule is CN(CC(=O)Nc1ccccc1Br)C(=O)c1cc2ccccc2n1Cc1ccccc1. The number of carbonyl (C=O) groups is 2. The van der Waals surface area contributed by atoms with Gasteiger partial charge in [-0.15, -0.1) is 0 Å². The van der Waals surface area contributed by atoms with Crippen molar-refractivity contribution in [3.63, 3.8) is 0 Å². The Kier molecular flexibility index (Phi) is 6.18. The van der Waals surface area contributed by atoms with Crippen LogP contribution in [0.4, 0.5) is 5.69 Å². The molecular formula is C25H22BrN3O2. The topological polar surface area (TPSA) is 54.3 Å². The number of carbonyl (C=O) groups excluding carboxylic acids is 2. The number of benzene rings is 3. The Morgan fingerprint density at radius 2 is 1.61 bits per heavy atom. The fourth-order valence-corrected chi connectivity index (χ4v) is 3.94. The van der Waals surface area contributed by atoms with Crippen molar-refractivity contribution in [1.82, 2.24) is 9.47 Å². The van der Waals surface area contributed by atoms with Crippen LogP contribution in [0.5, 0.6) is 0 Å². The van der Waals surface area contributed by atoms with Gasteiger partial charge in [-0.05, 0) is 45.8 Å². The highest BCUT2D eigenvalue weighted by Crippen LogP contribution is 2.23. The van der Waals surface area contributed by atoms with Crippen LogP contribution >= 0.6 is 15.9 Å². The predicted octanol–water partition coefficient (Wildman–Crippen LogP) is 5.16. The second-order valence-corrected chi connectivity index (χ2v) is 8.20. The summed E-state index contributed by atoms with van der Waals surface area (Å²) in [6.45, 7) is 0.527. The molecule has 0 saturated carbocycles. The van der Waals surface area contributed by atoms with Gasteiger partial charge in [-0.25, -0.2) is 0 Å². The van der Waals surface area contributed by atoms with Crippen molar-refractivity contribution in [1.29, 1.82) is 0 Å². The number of nitrogens with one attached hydrogen (secondary N) is 1. The Morgan fingerprint density at radius 1 is 0.935 bits per heavy atom. The number of aromatic nitrogens is 1. The number of halogens is 1. The van der Waals surface area contributed by atoms with E-state index in [0.717, 1.165) is 20.9 Å². The van der Waals surface area contributed by atoms with E-state index in [1.165, 1.54) is 4.90 Å². The van der Waals surface area contributed by atoms with E-state index >= 15 is 0 Å². The molecule has 0 atom stereocenters. The molecule has 0 saturated heterocycles. The second kappa shape index (κ2) is 9.18. The lowest BCUT2D eigenvalue weighted by Crippen LogP contribution is -2.36. The summed E-state index contributed by atoms with van der Waals surface area (Å²) in [5.74, 6) is -0.456. The number of amides is 2. The van der Waals surface area contributed by atoms with Crippen molar-refractivity contribution in [2.24, 2.45) is 0 Å². The number of fused-ring (bicyclic) bond motifs is 1. The maximum absolute atomic E-state index is 13.3. The Balaban J connectivity index is 1.57. The van der Waals surface area contributed by atoms with Crippen LogP contribution in [0.15, 0.2) is 89.4 Å². The van der Waals surface area contributed by atoms with Gasteiger partial charge in [-0.1, -0.05) is 60.7 Å². The lowest BCUT2D eigenvalue weighted by atomic mass is 10.2.